The summed E-state index contributed by atoms with van der Waals surface area (Å²) in [6, 6.07) is 12.7. The van der Waals surface area contributed by atoms with E-state index in [1.165, 1.54) is 0 Å². The second kappa shape index (κ2) is 7.15. The first kappa shape index (κ1) is 17.3. The van der Waals surface area contributed by atoms with Crippen molar-refractivity contribution >= 4 is 28.6 Å². The zero-order valence-corrected chi connectivity index (χ0v) is 14.9. The van der Waals surface area contributed by atoms with Crippen LogP contribution in [0.1, 0.15) is 18.9 Å². The summed E-state index contributed by atoms with van der Waals surface area (Å²) in [5.41, 5.74) is 2.38. The molecule has 1 heterocycles. The Morgan fingerprint density at radius 2 is 1.80 bits per heavy atom. The van der Waals surface area contributed by atoms with Crippen LogP contribution in [-0.2, 0) is 17.9 Å². The number of nitrogens with zero attached hydrogens (tertiary/aromatic N) is 2. The molecule has 6 heteroatoms. The minimum atomic E-state index is -0.384. The van der Waals surface area contributed by atoms with E-state index in [2.05, 4.69) is 0 Å². The third-order valence-corrected chi connectivity index (χ3v) is 4.38. The monoisotopic (exact) mass is 358 g/mol. The van der Waals surface area contributed by atoms with Crippen molar-refractivity contribution in [2.45, 2.75) is 33.4 Å². The van der Waals surface area contributed by atoms with E-state index in [1.54, 1.807) is 27.3 Å². The van der Waals surface area contributed by atoms with Gasteiger partial charge in [0.05, 0.1) is 17.5 Å². The molecule has 0 aliphatic rings. The Labute approximate surface area is 150 Å². The number of hydrogen-bond acceptors (Lipinski definition) is 3. The number of ether oxygens (including phenoxy) is 1. The number of carbonyl (C=O) groups is 1. The van der Waals surface area contributed by atoms with Crippen LogP contribution < -0.4 is 10.4 Å². The Balaban J connectivity index is 1.78. The minimum absolute atomic E-state index is 0.111. The van der Waals surface area contributed by atoms with Gasteiger partial charge in [0.1, 0.15) is 5.75 Å². The van der Waals surface area contributed by atoms with Gasteiger partial charge in [-0.1, -0.05) is 23.7 Å². The lowest BCUT2D eigenvalue weighted by Gasteiger charge is -2.08. The number of halogens is 1. The van der Waals surface area contributed by atoms with E-state index in [1.807, 2.05) is 38.1 Å². The van der Waals surface area contributed by atoms with Gasteiger partial charge >= 0.3 is 11.7 Å². The number of aryl methyl sites for hydroxylation is 3. The normalized spacial score (nSPS) is 11.0. The first-order valence-corrected chi connectivity index (χ1v) is 8.54. The van der Waals surface area contributed by atoms with Gasteiger partial charge in [0.25, 0.3) is 0 Å². The minimum Gasteiger partial charge on any atom is -0.426 e. The summed E-state index contributed by atoms with van der Waals surface area (Å²) in [6.45, 7) is 4.61. The van der Waals surface area contributed by atoms with Crippen molar-refractivity contribution in [1.82, 2.24) is 9.13 Å². The Kier molecular flexibility index (Phi) is 4.95. The molecule has 0 aliphatic heterocycles. The van der Waals surface area contributed by atoms with E-state index in [9.17, 15) is 9.59 Å². The molecular formula is C19H19ClN2O3. The van der Waals surface area contributed by atoms with Gasteiger partial charge < -0.3 is 4.74 Å². The van der Waals surface area contributed by atoms with Crippen molar-refractivity contribution in [2.24, 2.45) is 0 Å². The summed E-state index contributed by atoms with van der Waals surface area (Å²) in [6.07, 6.45) is 0.111. The van der Waals surface area contributed by atoms with E-state index in [4.69, 9.17) is 16.3 Å². The van der Waals surface area contributed by atoms with Crippen molar-refractivity contribution in [3.63, 3.8) is 0 Å². The zero-order valence-electron chi connectivity index (χ0n) is 14.2. The Hall–Kier alpha value is -2.53. The van der Waals surface area contributed by atoms with E-state index >= 15 is 0 Å². The summed E-state index contributed by atoms with van der Waals surface area (Å²) in [5.74, 6) is 0.100. The molecule has 0 radical (unpaired) electrons. The molecule has 0 saturated heterocycles. The molecule has 130 valence electrons. The lowest BCUT2D eigenvalue weighted by Crippen LogP contribution is -2.25. The number of rotatable bonds is 5. The molecule has 25 heavy (non-hydrogen) atoms. The van der Waals surface area contributed by atoms with Crippen molar-refractivity contribution in [2.75, 3.05) is 0 Å². The van der Waals surface area contributed by atoms with Gasteiger partial charge in [-0.05, 0) is 49.7 Å². The summed E-state index contributed by atoms with van der Waals surface area (Å²) < 4.78 is 8.71. The summed E-state index contributed by atoms with van der Waals surface area (Å²) in [7, 11) is 0. The number of aromatic nitrogens is 2. The Morgan fingerprint density at radius 1 is 1.12 bits per heavy atom. The first-order valence-electron chi connectivity index (χ1n) is 8.16. The second-order valence-corrected chi connectivity index (χ2v) is 6.24. The molecular weight excluding hydrogens is 340 g/mol. The maximum atomic E-state index is 12.5. The van der Waals surface area contributed by atoms with Crippen LogP contribution in [0.15, 0.2) is 47.3 Å². The van der Waals surface area contributed by atoms with Crippen LogP contribution in [0.25, 0.3) is 11.0 Å². The standard InChI is InChI=1S/C19H19ClN2O3/c1-3-21-15-6-4-5-7-16(15)22(19(21)24)11-10-18(23)25-17-9-8-14(20)12-13(17)2/h4-9,12H,3,10-11H2,1-2H3. The van der Waals surface area contributed by atoms with Crippen LogP contribution in [-0.4, -0.2) is 15.1 Å². The van der Waals surface area contributed by atoms with Gasteiger partial charge in [0.15, 0.2) is 0 Å². The van der Waals surface area contributed by atoms with E-state index in [0.717, 1.165) is 16.6 Å². The van der Waals surface area contributed by atoms with Crippen molar-refractivity contribution in [1.29, 1.82) is 0 Å². The van der Waals surface area contributed by atoms with Crippen LogP contribution >= 0.6 is 11.6 Å². The topological polar surface area (TPSA) is 53.2 Å². The smallest absolute Gasteiger partial charge is 0.329 e. The average molecular weight is 359 g/mol. The zero-order chi connectivity index (χ0) is 18.0. The third kappa shape index (κ3) is 3.46. The average Bonchev–Trinajstić information content (AvgIpc) is 2.86. The highest BCUT2D eigenvalue weighted by molar-refractivity contribution is 6.30. The van der Waals surface area contributed by atoms with Crippen molar-refractivity contribution in [3.8, 4) is 5.75 Å². The van der Waals surface area contributed by atoms with Crippen LogP contribution in [0.5, 0.6) is 5.75 Å². The van der Waals surface area contributed by atoms with Crippen LogP contribution in [0.3, 0.4) is 0 Å². The molecule has 3 aromatic rings. The van der Waals surface area contributed by atoms with E-state index in [-0.39, 0.29) is 24.6 Å². The van der Waals surface area contributed by atoms with E-state index in [0.29, 0.717) is 17.3 Å². The molecule has 0 saturated carbocycles. The molecule has 0 unspecified atom stereocenters. The molecule has 0 bridgehead atoms. The van der Waals surface area contributed by atoms with Gasteiger partial charge in [-0.15, -0.1) is 0 Å². The highest BCUT2D eigenvalue weighted by Crippen LogP contribution is 2.22. The molecule has 0 N–H and O–H groups in total. The molecule has 0 spiro atoms. The number of imidazole rings is 1. The number of hydrogen-bond donors (Lipinski definition) is 0. The van der Waals surface area contributed by atoms with Gasteiger partial charge in [-0.3, -0.25) is 13.9 Å². The van der Waals surface area contributed by atoms with Crippen LogP contribution in [0, 0.1) is 6.92 Å². The molecule has 0 aliphatic carbocycles. The highest BCUT2D eigenvalue weighted by atomic mass is 35.5. The van der Waals surface area contributed by atoms with Crippen molar-refractivity contribution in [3.05, 3.63) is 63.5 Å². The number of fused-ring (bicyclic) bond motifs is 1. The van der Waals surface area contributed by atoms with Gasteiger partial charge in [-0.2, -0.15) is 0 Å². The summed E-state index contributed by atoms with van der Waals surface area (Å²) in [4.78, 5) is 24.7. The molecule has 2 aromatic carbocycles. The lowest BCUT2D eigenvalue weighted by molar-refractivity contribution is -0.134. The quantitative estimate of drug-likeness (QED) is 0.515. The predicted octanol–water partition coefficient (Wildman–Crippen LogP) is 3.78. The lowest BCUT2D eigenvalue weighted by atomic mass is 10.2. The maximum absolute atomic E-state index is 12.5. The first-order chi connectivity index (χ1) is 12.0. The molecule has 0 amide bonds. The Morgan fingerprint density at radius 3 is 2.44 bits per heavy atom. The van der Waals surface area contributed by atoms with Crippen molar-refractivity contribution < 1.29 is 9.53 Å². The predicted molar refractivity (Wildman–Crippen MR) is 98.3 cm³/mol. The SMILES string of the molecule is CCn1c(=O)n(CCC(=O)Oc2ccc(Cl)cc2C)c2ccccc21. The van der Waals surface area contributed by atoms with Gasteiger partial charge in [0.2, 0.25) is 0 Å². The van der Waals surface area contributed by atoms with Crippen LogP contribution in [0.4, 0.5) is 0 Å². The highest BCUT2D eigenvalue weighted by Gasteiger charge is 2.14. The number of para-hydroxylation sites is 2. The Bertz CT molecular complexity index is 988. The van der Waals surface area contributed by atoms with Crippen LogP contribution in [0.2, 0.25) is 5.02 Å². The summed E-state index contributed by atoms with van der Waals surface area (Å²) in [5, 5.41) is 0.594. The molecule has 0 atom stereocenters. The fourth-order valence-corrected chi connectivity index (χ4v) is 3.12. The fourth-order valence-electron chi connectivity index (χ4n) is 2.90. The molecule has 5 nitrogen and oxygen atoms in total. The van der Waals surface area contributed by atoms with E-state index < -0.39 is 0 Å². The van der Waals surface area contributed by atoms with Gasteiger partial charge in [0, 0.05) is 18.1 Å². The van der Waals surface area contributed by atoms with Gasteiger partial charge in [-0.25, -0.2) is 4.79 Å². The number of esters is 1. The number of carbonyl (C=O) groups excluding carboxylic acids is 1. The summed E-state index contributed by atoms with van der Waals surface area (Å²) >= 11 is 5.90. The fraction of sp³-hybridized carbons (Fsp3) is 0.263. The number of benzene rings is 2. The second-order valence-electron chi connectivity index (χ2n) is 5.80. The molecule has 3 rings (SSSR count). The maximum Gasteiger partial charge on any atom is 0.329 e. The molecule has 1 aromatic heterocycles. The largest absolute Gasteiger partial charge is 0.426 e. The third-order valence-electron chi connectivity index (χ3n) is 4.14. The molecule has 0 fully saturated rings.